The number of nitrogens with one attached hydrogen (secondary N) is 1. The molecule has 0 bridgehead atoms. The lowest BCUT2D eigenvalue weighted by molar-refractivity contribution is -0.120. The summed E-state index contributed by atoms with van der Waals surface area (Å²) in [5.41, 5.74) is 1.69. The Hall–Kier alpha value is -1.88. The van der Waals surface area contributed by atoms with Crippen LogP contribution in [0.25, 0.3) is 0 Å². The number of rotatable bonds is 2. The molecule has 2 atom stereocenters. The molecule has 2 rings (SSSR count). The Balaban J connectivity index is 2.05. The van der Waals surface area contributed by atoms with Gasteiger partial charge in [-0.1, -0.05) is 17.7 Å². The van der Waals surface area contributed by atoms with Crippen LogP contribution in [-0.2, 0) is 4.79 Å². The smallest absolute Gasteiger partial charge is 0.254 e. The van der Waals surface area contributed by atoms with Crippen LogP contribution in [0.4, 0.5) is 0 Å². The molecule has 1 aromatic carbocycles. The molecule has 0 aliphatic carbocycles. The molecular formula is C14H18N2O3. The van der Waals surface area contributed by atoms with Crippen molar-refractivity contribution in [2.75, 3.05) is 13.1 Å². The van der Waals surface area contributed by atoms with Gasteiger partial charge < -0.3 is 15.3 Å². The van der Waals surface area contributed by atoms with E-state index in [1.165, 1.54) is 6.92 Å². The lowest BCUT2D eigenvalue weighted by atomic mass is 10.1. The monoisotopic (exact) mass is 262 g/mol. The molecule has 0 spiro atoms. The van der Waals surface area contributed by atoms with Crippen LogP contribution in [0.3, 0.4) is 0 Å². The Morgan fingerprint density at radius 1 is 1.26 bits per heavy atom. The molecular weight excluding hydrogens is 244 g/mol. The van der Waals surface area contributed by atoms with Crippen molar-refractivity contribution >= 4 is 11.8 Å². The van der Waals surface area contributed by atoms with Crippen LogP contribution in [0.15, 0.2) is 24.3 Å². The van der Waals surface area contributed by atoms with Crippen LogP contribution < -0.4 is 5.32 Å². The van der Waals surface area contributed by atoms with Gasteiger partial charge in [0, 0.05) is 25.6 Å². The molecule has 5 heteroatoms. The number of amides is 2. The summed E-state index contributed by atoms with van der Waals surface area (Å²) in [6.07, 6.45) is -0.710. The number of likely N-dealkylation sites (tertiary alicyclic amines) is 1. The number of carbonyl (C=O) groups is 2. The van der Waals surface area contributed by atoms with Gasteiger partial charge >= 0.3 is 0 Å². The molecule has 0 aromatic heterocycles. The molecule has 19 heavy (non-hydrogen) atoms. The minimum atomic E-state index is -0.710. The zero-order valence-corrected chi connectivity index (χ0v) is 11.1. The zero-order valence-electron chi connectivity index (χ0n) is 11.1. The van der Waals surface area contributed by atoms with E-state index in [-0.39, 0.29) is 24.4 Å². The van der Waals surface area contributed by atoms with Crippen molar-refractivity contribution in [3.8, 4) is 0 Å². The van der Waals surface area contributed by atoms with Crippen molar-refractivity contribution < 1.29 is 14.7 Å². The maximum Gasteiger partial charge on any atom is 0.254 e. The van der Waals surface area contributed by atoms with Gasteiger partial charge in [-0.25, -0.2) is 0 Å². The number of carbonyl (C=O) groups excluding carboxylic acids is 2. The highest BCUT2D eigenvalue weighted by atomic mass is 16.3. The molecule has 0 saturated carbocycles. The third kappa shape index (κ3) is 3.12. The standard InChI is InChI=1S/C14H18N2O3/c1-9-3-5-11(6-4-9)14(19)16-7-12(13(18)8-16)15-10(2)17/h3-6,12-13,18H,7-8H2,1-2H3,(H,15,17)/t12-,13-/m1/s1. The highest BCUT2D eigenvalue weighted by molar-refractivity contribution is 5.94. The fraction of sp³-hybridized carbons (Fsp3) is 0.429. The number of aryl methyl sites for hydroxylation is 1. The third-order valence-corrected chi connectivity index (χ3v) is 3.26. The summed E-state index contributed by atoms with van der Waals surface area (Å²) in [4.78, 5) is 24.8. The van der Waals surface area contributed by atoms with Crippen LogP contribution in [0, 0.1) is 6.92 Å². The van der Waals surface area contributed by atoms with Crippen LogP contribution in [0.1, 0.15) is 22.8 Å². The average Bonchev–Trinajstić information content (AvgIpc) is 2.70. The SMILES string of the molecule is CC(=O)N[C@@H]1CN(C(=O)c2ccc(C)cc2)C[C@H]1O. The van der Waals surface area contributed by atoms with E-state index in [2.05, 4.69) is 5.32 Å². The zero-order chi connectivity index (χ0) is 14.0. The molecule has 0 unspecified atom stereocenters. The Morgan fingerprint density at radius 3 is 2.47 bits per heavy atom. The van der Waals surface area contributed by atoms with Crippen LogP contribution in [0.5, 0.6) is 0 Å². The van der Waals surface area contributed by atoms with E-state index in [1.54, 1.807) is 17.0 Å². The van der Waals surface area contributed by atoms with Crippen molar-refractivity contribution in [3.05, 3.63) is 35.4 Å². The molecule has 1 aromatic rings. The second-order valence-corrected chi connectivity index (χ2v) is 4.95. The van der Waals surface area contributed by atoms with E-state index in [4.69, 9.17) is 0 Å². The van der Waals surface area contributed by atoms with Gasteiger partial charge in [0.2, 0.25) is 5.91 Å². The predicted octanol–water partition coefficient (Wildman–Crippen LogP) is 0.316. The summed E-state index contributed by atoms with van der Waals surface area (Å²) in [6, 6.07) is 6.92. The van der Waals surface area contributed by atoms with Gasteiger partial charge in [0.05, 0.1) is 12.1 Å². The van der Waals surface area contributed by atoms with Crippen molar-refractivity contribution in [1.29, 1.82) is 0 Å². The van der Waals surface area contributed by atoms with E-state index in [0.717, 1.165) is 5.56 Å². The summed E-state index contributed by atoms with van der Waals surface area (Å²) >= 11 is 0. The van der Waals surface area contributed by atoms with E-state index >= 15 is 0 Å². The van der Waals surface area contributed by atoms with Crippen molar-refractivity contribution in [1.82, 2.24) is 10.2 Å². The third-order valence-electron chi connectivity index (χ3n) is 3.26. The highest BCUT2D eigenvalue weighted by Crippen LogP contribution is 2.15. The second kappa shape index (κ2) is 5.40. The topological polar surface area (TPSA) is 69.6 Å². The maximum atomic E-state index is 12.2. The van der Waals surface area contributed by atoms with Gasteiger partial charge in [-0.05, 0) is 19.1 Å². The molecule has 1 fully saturated rings. The van der Waals surface area contributed by atoms with Crippen LogP contribution in [0.2, 0.25) is 0 Å². The number of aliphatic hydroxyl groups excluding tert-OH is 1. The van der Waals surface area contributed by atoms with Gasteiger partial charge in [-0.15, -0.1) is 0 Å². The lowest BCUT2D eigenvalue weighted by Gasteiger charge is -2.16. The van der Waals surface area contributed by atoms with Crippen LogP contribution in [-0.4, -0.2) is 47.1 Å². The van der Waals surface area contributed by atoms with Crippen molar-refractivity contribution in [2.45, 2.75) is 26.0 Å². The predicted molar refractivity (Wildman–Crippen MR) is 70.7 cm³/mol. The largest absolute Gasteiger partial charge is 0.389 e. The van der Waals surface area contributed by atoms with E-state index < -0.39 is 6.10 Å². The maximum absolute atomic E-state index is 12.2. The van der Waals surface area contributed by atoms with E-state index in [1.807, 2.05) is 19.1 Å². The number of aliphatic hydroxyl groups is 1. The first-order chi connectivity index (χ1) is 8.97. The van der Waals surface area contributed by atoms with Crippen LogP contribution >= 0.6 is 0 Å². The minimum Gasteiger partial charge on any atom is -0.389 e. The first kappa shape index (κ1) is 13.5. The fourth-order valence-electron chi connectivity index (χ4n) is 2.23. The Kier molecular flexibility index (Phi) is 3.85. The summed E-state index contributed by atoms with van der Waals surface area (Å²) in [6.45, 7) is 3.95. The highest BCUT2D eigenvalue weighted by Gasteiger charge is 2.34. The Morgan fingerprint density at radius 2 is 1.89 bits per heavy atom. The van der Waals surface area contributed by atoms with Gasteiger partial charge in [0.25, 0.3) is 5.91 Å². The average molecular weight is 262 g/mol. The summed E-state index contributed by atoms with van der Waals surface area (Å²) in [5, 5.41) is 12.5. The fourth-order valence-corrected chi connectivity index (χ4v) is 2.23. The van der Waals surface area contributed by atoms with Gasteiger partial charge in [0.15, 0.2) is 0 Å². The Labute approximate surface area is 112 Å². The van der Waals surface area contributed by atoms with Gasteiger partial charge in [-0.3, -0.25) is 9.59 Å². The molecule has 2 amide bonds. The molecule has 5 nitrogen and oxygen atoms in total. The summed E-state index contributed by atoms with van der Waals surface area (Å²) in [5.74, 6) is -0.319. The molecule has 2 N–H and O–H groups in total. The minimum absolute atomic E-state index is 0.119. The number of β-amino-alcohol motifs (C(OH)–C–C–N with tert-alkyl or cyclic N) is 1. The number of hydrogen-bond donors (Lipinski definition) is 2. The first-order valence-corrected chi connectivity index (χ1v) is 6.28. The molecule has 102 valence electrons. The Bertz CT molecular complexity index is 484. The van der Waals surface area contributed by atoms with E-state index in [9.17, 15) is 14.7 Å². The molecule has 0 radical (unpaired) electrons. The lowest BCUT2D eigenvalue weighted by Crippen LogP contribution is -2.41. The van der Waals surface area contributed by atoms with E-state index in [0.29, 0.717) is 12.1 Å². The molecule has 1 heterocycles. The summed E-state index contributed by atoms with van der Waals surface area (Å²) < 4.78 is 0. The number of benzene rings is 1. The molecule has 1 aliphatic rings. The molecule has 1 saturated heterocycles. The van der Waals surface area contributed by atoms with Gasteiger partial charge in [-0.2, -0.15) is 0 Å². The summed E-state index contributed by atoms with van der Waals surface area (Å²) in [7, 11) is 0. The quantitative estimate of drug-likeness (QED) is 0.806. The first-order valence-electron chi connectivity index (χ1n) is 6.28. The number of nitrogens with zero attached hydrogens (tertiary/aromatic N) is 1. The van der Waals surface area contributed by atoms with Gasteiger partial charge in [0.1, 0.15) is 0 Å². The van der Waals surface area contributed by atoms with Crippen molar-refractivity contribution in [2.24, 2.45) is 0 Å². The second-order valence-electron chi connectivity index (χ2n) is 4.95. The normalized spacial score (nSPS) is 22.4. The van der Waals surface area contributed by atoms with Crippen molar-refractivity contribution in [3.63, 3.8) is 0 Å². The molecule has 1 aliphatic heterocycles. The number of hydrogen-bond acceptors (Lipinski definition) is 3.